The Balaban J connectivity index is 4.30. The van der Waals surface area contributed by atoms with E-state index in [0.717, 1.165) is 6.42 Å². The molecule has 72 valence electrons. The molecular formula is C9H20N2O. The van der Waals surface area contributed by atoms with Crippen LogP contribution in [0.1, 0.15) is 34.1 Å². The molecule has 1 unspecified atom stereocenters. The maximum atomic E-state index is 11.6. The number of carbonyl (C=O) groups excluding carboxylic acids is 1. The van der Waals surface area contributed by atoms with Crippen molar-refractivity contribution >= 4 is 5.91 Å². The summed E-state index contributed by atoms with van der Waals surface area (Å²) in [6.45, 7) is 7.53. The fourth-order valence-corrected chi connectivity index (χ4v) is 0.929. The van der Waals surface area contributed by atoms with Gasteiger partial charge in [-0.15, -0.1) is 0 Å². The van der Waals surface area contributed by atoms with Crippen LogP contribution >= 0.6 is 0 Å². The summed E-state index contributed by atoms with van der Waals surface area (Å²) in [7, 11) is 1.80. The van der Waals surface area contributed by atoms with Gasteiger partial charge in [-0.1, -0.05) is 6.92 Å². The van der Waals surface area contributed by atoms with Gasteiger partial charge >= 0.3 is 0 Å². The van der Waals surface area contributed by atoms with Crippen LogP contribution in [0, 0.1) is 0 Å². The molecule has 2 N–H and O–H groups in total. The van der Waals surface area contributed by atoms with Crippen molar-refractivity contribution < 1.29 is 4.79 Å². The molecule has 0 aromatic rings. The molecule has 0 aliphatic heterocycles. The lowest BCUT2D eigenvalue weighted by molar-refractivity contribution is -0.136. The van der Waals surface area contributed by atoms with E-state index in [1.54, 1.807) is 25.8 Å². The van der Waals surface area contributed by atoms with Crippen molar-refractivity contribution in [1.29, 1.82) is 0 Å². The van der Waals surface area contributed by atoms with Gasteiger partial charge < -0.3 is 10.6 Å². The molecule has 0 spiro atoms. The Labute approximate surface area is 74.9 Å². The normalized spacial score (nSPS) is 14.2. The van der Waals surface area contributed by atoms with Crippen molar-refractivity contribution in [3.05, 3.63) is 0 Å². The zero-order valence-corrected chi connectivity index (χ0v) is 8.72. The van der Waals surface area contributed by atoms with E-state index in [0.29, 0.717) is 0 Å². The van der Waals surface area contributed by atoms with E-state index >= 15 is 0 Å². The molecule has 0 bridgehead atoms. The largest absolute Gasteiger partial charge is 0.341 e. The predicted molar refractivity (Wildman–Crippen MR) is 50.8 cm³/mol. The van der Waals surface area contributed by atoms with E-state index < -0.39 is 5.54 Å². The van der Waals surface area contributed by atoms with E-state index in [1.165, 1.54) is 0 Å². The third kappa shape index (κ3) is 2.81. The molecule has 1 amide bonds. The summed E-state index contributed by atoms with van der Waals surface area (Å²) in [5, 5.41) is 0. The SMILES string of the molecule is CCC(C)N(C)C(=O)C(C)(C)N. The Morgan fingerprint density at radius 2 is 2.00 bits per heavy atom. The summed E-state index contributed by atoms with van der Waals surface area (Å²) in [6.07, 6.45) is 0.957. The minimum atomic E-state index is -0.752. The number of rotatable bonds is 3. The molecule has 0 heterocycles. The summed E-state index contributed by atoms with van der Waals surface area (Å²) in [5.74, 6) is -0.00292. The molecule has 12 heavy (non-hydrogen) atoms. The Morgan fingerprint density at radius 1 is 1.58 bits per heavy atom. The molecule has 0 aliphatic rings. The van der Waals surface area contributed by atoms with Gasteiger partial charge in [-0.05, 0) is 27.2 Å². The molecule has 0 saturated carbocycles. The highest BCUT2D eigenvalue weighted by atomic mass is 16.2. The zero-order chi connectivity index (χ0) is 9.94. The van der Waals surface area contributed by atoms with Gasteiger partial charge in [-0.25, -0.2) is 0 Å². The van der Waals surface area contributed by atoms with Crippen LogP contribution in [0.15, 0.2) is 0 Å². The molecule has 1 atom stereocenters. The fourth-order valence-electron chi connectivity index (χ4n) is 0.929. The minimum Gasteiger partial charge on any atom is -0.341 e. The van der Waals surface area contributed by atoms with Gasteiger partial charge in [-0.2, -0.15) is 0 Å². The second-order valence-electron chi connectivity index (χ2n) is 3.90. The maximum Gasteiger partial charge on any atom is 0.242 e. The van der Waals surface area contributed by atoms with Crippen LogP contribution in [-0.4, -0.2) is 29.4 Å². The molecule has 0 rings (SSSR count). The number of nitrogens with zero attached hydrogens (tertiary/aromatic N) is 1. The number of carbonyl (C=O) groups is 1. The van der Waals surface area contributed by atoms with Crippen molar-refractivity contribution in [3.63, 3.8) is 0 Å². The fraction of sp³-hybridized carbons (Fsp3) is 0.889. The van der Waals surface area contributed by atoms with Crippen molar-refractivity contribution in [2.24, 2.45) is 5.73 Å². The average molecular weight is 172 g/mol. The third-order valence-corrected chi connectivity index (χ3v) is 2.12. The smallest absolute Gasteiger partial charge is 0.242 e. The summed E-state index contributed by atoms with van der Waals surface area (Å²) < 4.78 is 0. The van der Waals surface area contributed by atoms with Gasteiger partial charge in [0.25, 0.3) is 0 Å². The first-order valence-corrected chi connectivity index (χ1v) is 4.36. The standard InChI is InChI=1S/C9H20N2O/c1-6-7(2)11(5)8(12)9(3,4)10/h7H,6,10H2,1-5H3. The second kappa shape index (κ2) is 3.90. The van der Waals surface area contributed by atoms with Gasteiger partial charge in [0.1, 0.15) is 0 Å². The number of amides is 1. The van der Waals surface area contributed by atoms with Crippen LogP contribution in [0.25, 0.3) is 0 Å². The highest BCUT2D eigenvalue weighted by Crippen LogP contribution is 2.07. The van der Waals surface area contributed by atoms with Crippen LogP contribution in [0.5, 0.6) is 0 Å². The van der Waals surface area contributed by atoms with Crippen LogP contribution < -0.4 is 5.73 Å². The Hall–Kier alpha value is -0.570. The van der Waals surface area contributed by atoms with Gasteiger partial charge in [0.2, 0.25) is 5.91 Å². The lowest BCUT2D eigenvalue weighted by atomic mass is 10.0. The van der Waals surface area contributed by atoms with Gasteiger partial charge in [-0.3, -0.25) is 4.79 Å². The number of nitrogens with two attached hydrogens (primary N) is 1. The summed E-state index contributed by atoms with van der Waals surface area (Å²) >= 11 is 0. The van der Waals surface area contributed by atoms with Gasteiger partial charge in [0.05, 0.1) is 5.54 Å². The van der Waals surface area contributed by atoms with E-state index in [9.17, 15) is 4.79 Å². The Bertz CT molecular complexity index is 160. The molecule has 0 saturated heterocycles. The van der Waals surface area contributed by atoms with Crippen molar-refractivity contribution in [2.45, 2.75) is 45.7 Å². The molecule has 3 heteroatoms. The minimum absolute atomic E-state index is 0.00292. The van der Waals surface area contributed by atoms with Gasteiger partial charge in [0.15, 0.2) is 0 Å². The zero-order valence-electron chi connectivity index (χ0n) is 8.72. The summed E-state index contributed by atoms with van der Waals surface area (Å²) in [4.78, 5) is 13.3. The Morgan fingerprint density at radius 3 is 2.25 bits per heavy atom. The number of hydrogen-bond acceptors (Lipinski definition) is 2. The van der Waals surface area contributed by atoms with E-state index in [4.69, 9.17) is 5.73 Å². The third-order valence-electron chi connectivity index (χ3n) is 2.12. The highest BCUT2D eigenvalue weighted by Gasteiger charge is 2.27. The first kappa shape index (κ1) is 11.4. The van der Waals surface area contributed by atoms with E-state index in [2.05, 4.69) is 6.92 Å². The van der Waals surface area contributed by atoms with Crippen LogP contribution in [0.3, 0.4) is 0 Å². The summed E-state index contributed by atoms with van der Waals surface area (Å²) in [6, 6.07) is 0.264. The molecule has 0 fully saturated rings. The monoisotopic (exact) mass is 172 g/mol. The van der Waals surface area contributed by atoms with Crippen molar-refractivity contribution in [2.75, 3.05) is 7.05 Å². The quantitative estimate of drug-likeness (QED) is 0.689. The molecule has 0 aromatic carbocycles. The van der Waals surface area contributed by atoms with Gasteiger partial charge in [0, 0.05) is 13.1 Å². The lowest BCUT2D eigenvalue weighted by Crippen LogP contribution is -2.52. The van der Waals surface area contributed by atoms with Crippen LogP contribution in [0.4, 0.5) is 0 Å². The van der Waals surface area contributed by atoms with Crippen molar-refractivity contribution in [1.82, 2.24) is 4.90 Å². The van der Waals surface area contributed by atoms with Crippen LogP contribution in [0.2, 0.25) is 0 Å². The highest BCUT2D eigenvalue weighted by molar-refractivity contribution is 5.85. The predicted octanol–water partition coefficient (Wildman–Crippen LogP) is 0.981. The second-order valence-corrected chi connectivity index (χ2v) is 3.90. The molecule has 0 radical (unpaired) electrons. The summed E-state index contributed by atoms with van der Waals surface area (Å²) in [5.41, 5.74) is 4.93. The van der Waals surface area contributed by atoms with E-state index in [1.807, 2.05) is 6.92 Å². The number of likely N-dealkylation sites (N-methyl/N-ethyl adjacent to an activating group) is 1. The topological polar surface area (TPSA) is 46.3 Å². The molecule has 0 aromatic heterocycles. The number of hydrogen-bond donors (Lipinski definition) is 1. The molecular weight excluding hydrogens is 152 g/mol. The van der Waals surface area contributed by atoms with Crippen molar-refractivity contribution in [3.8, 4) is 0 Å². The maximum absolute atomic E-state index is 11.6. The average Bonchev–Trinajstić information content (AvgIpc) is 1.98. The van der Waals surface area contributed by atoms with E-state index in [-0.39, 0.29) is 11.9 Å². The molecule has 0 aliphatic carbocycles. The molecule has 3 nitrogen and oxygen atoms in total. The van der Waals surface area contributed by atoms with Crippen LogP contribution in [-0.2, 0) is 4.79 Å². The lowest BCUT2D eigenvalue weighted by Gasteiger charge is -2.30. The first-order valence-electron chi connectivity index (χ1n) is 4.36. The first-order chi connectivity index (χ1) is 5.30. The Kier molecular flexibility index (Phi) is 3.71.